The van der Waals surface area contributed by atoms with Crippen LogP contribution in [0.3, 0.4) is 0 Å². The molecule has 1 atom stereocenters. The van der Waals surface area contributed by atoms with Crippen molar-refractivity contribution in [1.82, 2.24) is 10.3 Å². The van der Waals surface area contributed by atoms with Gasteiger partial charge >= 0.3 is 0 Å². The highest BCUT2D eigenvalue weighted by Crippen LogP contribution is 2.13. The smallest absolute Gasteiger partial charge is 0.270 e. The summed E-state index contributed by atoms with van der Waals surface area (Å²) in [7, 11) is 0. The van der Waals surface area contributed by atoms with Gasteiger partial charge in [-0.1, -0.05) is 18.2 Å². The van der Waals surface area contributed by atoms with Crippen molar-refractivity contribution in [1.29, 1.82) is 5.26 Å². The van der Waals surface area contributed by atoms with Crippen LogP contribution in [0.2, 0.25) is 0 Å². The first-order chi connectivity index (χ1) is 9.20. The number of pyridine rings is 1. The van der Waals surface area contributed by atoms with Crippen LogP contribution < -0.4 is 5.32 Å². The molecule has 0 spiro atoms. The van der Waals surface area contributed by atoms with Crippen molar-refractivity contribution in [2.75, 3.05) is 0 Å². The molecule has 0 aliphatic rings. The van der Waals surface area contributed by atoms with Crippen molar-refractivity contribution in [2.24, 2.45) is 0 Å². The molecule has 94 valence electrons. The number of nitrogens with one attached hydrogen (secondary N) is 1. The molecule has 0 aliphatic heterocycles. The number of hydrogen-bond donors (Lipinski definition) is 1. The Morgan fingerprint density at radius 3 is 2.58 bits per heavy atom. The van der Waals surface area contributed by atoms with E-state index in [0.29, 0.717) is 11.3 Å². The van der Waals surface area contributed by atoms with Crippen LogP contribution in [0, 0.1) is 11.3 Å². The Hall–Kier alpha value is -2.67. The molecule has 1 aromatic heterocycles. The minimum atomic E-state index is -0.211. The summed E-state index contributed by atoms with van der Waals surface area (Å²) in [6, 6.07) is 14.3. The van der Waals surface area contributed by atoms with Crippen molar-refractivity contribution in [3.05, 3.63) is 65.5 Å². The number of nitrogens with zero attached hydrogens (tertiary/aromatic N) is 2. The number of carbonyl (C=O) groups excluding carboxylic acids is 1. The molecule has 0 radical (unpaired) electrons. The Balaban J connectivity index is 2.06. The number of hydrogen-bond acceptors (Lipinski definition) is 3. The first kappa shape index (κ1) is 12.8. The SMILES string of the molecule is CC(NC(=O)c1ccccn1)c1ccc(C#N)cc1. The van der Waals surface area contributed by atoms with Gasteiger partial charge in [-0.15, -0.1) is 0 Å². The van der Waals surface area contributed by atoms with E-state index in [0.717, 1.165) is 5.56 Å². The van der Waals surface area contributed by atoms with Crippen molar-refractivity contribution < 1.29 is 4.79 Å². The third-order valence-electron chi connectivity index (χ3n) is 2.78. The molecule has 4 nitrogen and oxygen atoms in total. The third-order valence-corrected chi connectivity index (χ3v) is 2.78. The third kappa shape index (κ3) is 3.17. The molecule has 2 rings (SSSR count). The highest BCUT2D eigenvalue weighted by Gasteiger charge is 2.11. The molecule has 4 heteroatoms. The quantitative estimate of drug-likeness (QED) is 0.911. The zero-order valence-electron chi connectivity index (χ0n) is 10.5. The highest BCUT2D eigenvalue weighted by atomic mass is 16.1. The Kier molecular flexibility index (Phi) is 3.89. The summed E-state index contributed by atoms with van der Waals surface area (Å²) in [4.78, 5) is 15.9. The van der Waals surface area contributed by atoms with Gasteiger partial charge in [-0.3, -0.25) is 9.78 Å². The summed E-state index contributed by atoms with van der Waals surface area (Å²) in [5, 5.41) is 11.6. The van der Waals surface area contributed by atoms with E-state index in [4.69, 9.17) is 5.26 Å². The topological polar surface area (TPSA) is 65.8 Å². The second kappa shape index (κ2) is 5.78. The number of carbonyl (C=O) groups is 1. The number of nitriles is 1. The van der Waals surface area contributed by atoms with Crippen molar-refractivity contribution in [3.8, 4) is 6.07 Å². The van der Waals surface area contributed by atoms with E-state index in [1.165, 1.54) is 0 Å². The molecule has 1 N–H and O–H groups in total. The monoisotopic (exact) mass is 251 g/mol. The summed E-state index contributed by atoms with van der Waals surface area (Å²) in [6.45, 7) is 1.89. The van der Waals surface area contributed by atoms with Gasteiger partial charge in [-0.25, -0.2) is 0 Å². The lowest BCUT2D eigenvalue weighted by atomic mass is 10.1. The average Bonchev–Trinajstić information content (AvgIpc) is 2.48. The predicted molar refractivity (Wildman–Crippen MR) is 71.3 cm³/mol. The van der Waals surface area contributed by atoms with E-state index in [1.54, 1.807) is 36.5 Å². The maximum Gasteiger partial charge on any atom is 0.270 e. The molecule has 1 heterocycles. The molecule has 0 bridgehead atoms. The maximum absolute atomic E-state index is 11.9. The van der Waals surface area contributed by atoms with Gasteiger partial charge in [-0.2, -0.15) is 5.26 Å². The van der Waals surface area contributed by atoms with E-state index >= 15 is 0 Å². The van der Waals surface area contributed by atoms with Gasteiger partial charge in [-0.05, 0) is 36.8 Å². The molecule has 19 heavy (non-hydrogen) atoms. The molecule has 1 amide bonds. The minimum Gasteiger partial charge on any atom is -0.344 e. The van der Waals surface area contributed by atoms with Crippen molar-refractivity contribution >= 4 is 5.91 Å². The summed E-state index contributed by atoms with van der Waals surface area (Å²) in [6.07, 6.45) is 1.58. The number of amides is 1. The second-order valence-electron chi connectivity index (χ2n) is 4.14. The lowest BCUT2D eigenvalue weighted by Gasteiger charge is -2.13. The fraction of sp³-hybridized carbons (Fsp3) is 0.133. The average molecular weight is 251 g/mol. The molecule has 1 aromatic carbocycles. The molecular weight excluding hydrogens is 238 g/mol. The van der Waals surface area contributed by atoms with E-state index in [1.807, 2.05) is 19.1 Å². The van der Waals surface area contributed by atoms with Gasteiger partial charge < -0.3 is 5.32 Å². The van der Waals surface area contributed by atoms with Crippen LogP contribution in [0.25, 0.3) is 0 Å². The van der Waals surface area contributed by atoms with Gasteiger partial charge in [0.25, 0.3) is 5.91 Å². The molecule has 0 aliphatic carbocycles. The zero-order valence-corrected chi connectivity index (χ0v) is 10.5. The van der Waals surface area contributed by atoms with Crippen LogP contribution in [-0.4, -0.2) is 10.9 Å². The normalized spacial score (nSPS) is 11.4. The fourth-order valence-corrected chi connectivity index (χ4v) is 1.70. The van der Waals surface area contributed by atoms with E-state index < -0.39 is 0 Å². The van der Waals surface area contributed by atoms with Crippen LogP contribution >= 0.6 is 0 Å². The first-order valence-corrected chi connectivity index (χ1v) is 5.92. The van der Waals surface area contributed by atoms with Gasteiger partial charge in [0, 0.05) is 6.20 Å². The summed E-state index contributed by atoms with van der Waals surface area (Å²) in [5.41, 5.74) is 1.94. The van der Waals surface area contributed by atoms with Gasteiger partial charge in [0.1, 0.15) is 5.69 Å². The molecule has 1 unspecified atom stereocenters. The standard InChI is InChI=1S/C15H13N3O/c1-11(13-7-5-12(10-16)6-8-13)18-15(19)14-4-2-3-9-17-14/h2-9,11H,1H3,(H,18,19). The van der Waals surface area contributed by atoms with Crippen molar-refractivity contribution in [3.63, 3.8) is 0 Å². The lowest BCUT2D eigenvalue weighted by molar-refractivity contribution is 0.0935. The molecule has 0 fully saturated rings. The zero-order chi connectivity index (χ0) is 13.7. The summed E-state index contributed by atoms with van der Waals surface area (Å²) >= 11 is 0. The Morgan fingerprint density at radius 1 is 1.26 bits per heavy atom. The largest absolute Gasteiger partial charge is 0.344 e. The van der Waals surface area contributed by atoms with Crippen LogP contribution in [0.5, 0.6) is 0 Å². The highest BCUT2D eigenvalue weighted by molar-refractivity contribution is 5.92. The van der Waals surface area contributed by atoms with Crippen LogP contribution in [0.15, 0.2) is 48.7 Å². The van der Waals surface area contributed by atoms with Crippen LogP contribution in [-0.2, 0) is 0 Å². The Bertz CT molecular complexity index is 600. The maximum atomic E-state index is 11.9. The Morgan fingerprint density at radius 2 is 2.00 bits per heavy atom. The lowest BCUT2D eigenvalue weighted by Crippen LogP contribution is -2.27. The van der Waals surface area contributed by atoms with Gasteiger partial charge in [0.2, 0.25) is 0 Å². The minimum absolute atomic E-state index is 0.137. The molecular formula is C15H13N3O. The number of aromatic nitrogens is 1. The van der Waals surface area contributed by atoms with E-state index in [2.05, 4.69) is 16.4 Å². The van der Waals surface area contributed by atoms with E-state index in [-0.39, 0.29) is 11.9 Å². The number of rotatable bonds is 3. The van der Waals surface area contributed by atoms with Gasteiger partial charge in [0.15, 0.2) is 0 Å². The van der Waals surface area contributed by atoms with Crippen LogP contribution in [0.1, 0.15) is 34.6 Å². The summed E-state index contributed by atoms with van der Waals surface area (Å²) < 4.78 is 0. The second-order valence-corrected chi connectivity index (χ2v) is 4.14. The Labute approximate surface area is 111 Å². The summed E-state index contributed by atoms with van der Waals surface area (Å²) in [5.74, 6) is -0.211. The van der Waals surface area contributed by atoms with E-state index in [9.17, 15) is 4.79 Å². The van der Waals surface area contributed by atoms with Gasteiger partial charge in [0.05, 0.1) is 17.7 Å². The first-order valence-electron chi connectivity index (χ1n) is 5.92. The molecule has 2 aromatic rings. The predicted octanol–water partition coefficient (Wildman–Crippen LogP) is 2.44. The van der Waals surface area contributed by atoms with Crippen LogP contribution in [0.4, 0.5) is 0 Å². The fourth-order valence-electron chi connectivity index (χ4n) is 1.70. The number of benzene rings is 1. The molecule has 0 saturated carbocycles. The van der Waals surface area contributed by atoms with Crippen molar-refractivity contribution in [2.45, 2.75) is 13.0 Å². The molecule has 0 saturated heterocycles.